The molecule has 0 fully saturated rings. The molecular weight excluding hydrogens is 768 g/mol. The van der Waals surface area contributed by atoms with Crippen LogP contribution < -0.4 is 4.90 Å². The van der Waals surface area contributed by atoms with Crippen molar-refractivity contribution < 1.29 is 32.5 Å². The molecule has 2 amide bonds. The number of fused-ring (bicyclic) bond motifs is 3. The number of carbonyl (C=O) groups excluding carboxylic acids is 3. The van der Waals surface area contributed by atoms with E-state index in [4.69, 9.17) is 92.8 Å². The zero-order valence-electron chi connectivity index (χ0n) is 20.6. The van der Waals surface area contributed by atoms with Crippen molar-refractivity contribution in [3.05, 3.63) is 92.4 Å². The molecular formula is C26H6Cl8N2O7S. The summed E-state index contributed by atoms with van der Waals surface area (Å²) in [4.78, 5) is 45.0. The fourth-order valence-electron chi connectivity index (χ4n) is 4.88. The molecule has 0 radical (unpaired) electrons. The summed E-state index contributed by atoms with van der Waals surface area (Å²) in [6, 6.07) is 4.30. The van der Waals surface area contributed by atoms with E-state index < -0.39 is 70.8 Å². The molecule has 9 nitrogen and oxygen atoms in total. The van der Waals surface area contributed by atoms with Gasteiger partial charge in [-0.05, 0) is 18.2 Å². The number of rotatable bonds is 3. The molecule has 1 aromatic heterocycles. The molecule has 4 aromatic rings. The largest absolute Gasteiger partial charge is 0.506 e. The fourth-order valence-corrected chi connectivity index (χ4v) is 7.46. The van der Waals surface area contributed by atoms with Gasteiger partial charge in [-0.3, -0.25) is 18.9 Å². The van der Waals surface area contributed by atoms with Crippen LogP contribution in [0.1, 0.15) is 42.3 Å². The van der Waals surface area contributed by atoms with Crippen LogP contribution in [-0.4, -0.2) is 40.7 Å². The van der Waals surface area contributed by atoms with E-state index in [2.05, 4.69) is 4.98 Å². The monoisotopic (exact) mass is 770 g/mol. The van der Waals surface area contributed by atoms with Gasteiger partial charge in [0.25, 0.3) is 21.9 Å². The summed E-state index contributed by atoms with van der Waals surface area (Å²) in [5.74, 6) is -3.65. The molecule has 0 spiro atoms. The first-order chi connectivity index (χ1) is 20.5. The number of Topliss-reactive ketones (excluding diaryl/α,β-unsaturated/α-hetero) is 1. The molecule has 2 aliphatic rings. The van der Waals surface area contributed by atoms with Gasteiger partial charge >= 0.3 is 0 Å². The van der Waals surface area contributed by atoms with Crippen molar-refractivity contribution in [1.29, 1.82) is 0 Å². The third kappa shape index (κ3) is 4.35. The van der Waals surface area contributed by atoms with Gasteiger partial charge in [0, 0.05) is 5.39 Å². The van der Waals surface area contributed by atoms with Crippen molar-refractivity contribution >= 4 is 148 Å². The maximum atomic E-state index is 13.6. The third-order valence-corrected chi connectivity index (χ3v) is 11.3. The van der Waals surface area contributed by atoms with E-state index in [0.29, 0.717) is 4.90 Å². The Balaban J connectivity index is 1.63. The lowest BCUT2D eigenvalue weighted by atomic mass is 10.0. The number of nitrogens with zero attached hydrogens (tertiary/aromatic N) is 2. The van der Waals surface area contributed by atoms with Crippen molar-refractivity contribution in [2.75, 3.05) is 4.90 Å². The summed E-state index contributed by atoms with van der Waals surface area (Å²) in [5, 5.41) is 8.69. The molecule has 0 bridgehead atoms. The molecule has 0 atom stereocenters. The summed E-state index contributed by atoms with van der Waals surface area (Å²) < 4.78 is 34.2. The Morgan fingerprint density at radius 2 is 1.14 bits per heavy atom. The van der Waals surface area contributed by atoms with Crippen LogP contribution in [0.4, 0.5) is 5.69 Å². The van der Waals surface area contributed by atoms with Crippen molar-refractivity contribution in [3.63, 3.8) is 0 Å². The molecule has 3 aromatic carbocycles. The highest BCUT2D eigenvalue weighted by molar-refractivity contribution is 7.85. The van der Waals surface area contributed by atoms with E-state index in [1.54, 1.807) is 0 Å². The fraction of sp³-hybridized carbons (Fsp3) is 0. The zero-order chi connectivity index (χ0) is 32.3. The second-order valence-corrected chi connectivity index (χ2v) is 13.6. The highest BCUT2D eigenvalue weighted by atomic mass is 35.5. The molecule has 0 saturated carbocycles. The first-order valence-electron chi connectivity index (χ1n) is 11.5. The number of anilines is 1. The third-order valence-electron chi connectivity index (χ3n) is 6.84. The summed E-state index contributed by atoms with van der Waals surface area (Å²) >= 11 is 49.5. The lowest BCUT2D eigenvalue weighted by molar-refractivity contribution is 0.0925. The van der Waals surface area contributed by atoms with E-state index in [1.165, 1.54) is 12.1 Å². The number of hydrogen-bond donors (Lipinski definition) is 2. The smallest absolute Gasteiger partial charge is 0.294 e. The number of aromatic nitrogens is 1. The molecule has 1 aliphatic carbocycles. The molecule has 224 valence electrons. The van der Waals surface area contributed by atoms with Crippen molar-refractivity contribution in [2.45, 2.75) is 4.90 Å². The van der Waals surface area contributed by atoms with Gasteiger partial charge in [0.2, 0.25) is 5.78 Å². The Morgan fingerprint density at radius 3 is 1.64 bits per heavy atom. The Bertz CT molecular complexity index is 2220. The molecule has 2 heterocycles. The van der Waals surface area contributed by atoms with E-state index >= 15 is 0 Å². The quantitative estimate of drug-likeness (QED) is 0.0909. The van der Waals surface area contributed by atoms with E-state index in [-0.39, 0.29) is 57.9 Å². The minimum absolute atomic E-state index is 0.0195. The van der Waals surface area contributed by atoms with Gasteiger partial charge in [0.15, 0.2) is 0 Å². The lowest BCUT2D eigenvalue weighted by Crippen LogP contribution is -2.30. The number of halogens is 8. The minimum Gasteiger partial charge on any atom is -0.506 e. The number of amides is 2. The van der Waals surface area contributed by atoms with Crippen LogP contribution in [0.5, 0.6) is 0 Å². The second kappa shape index (κ2) is 10.6. The first kappa shape index (κ1) is 31.6. The molecule has 0 unspecified atom stereocenters. The molecule has 18 heteroatoms. The predicted octanol–water partition coefficient (Wildman–Crippen LogP) is 9.13. The second-order valence-electron chi connectivity index (χ2n) is 9.20. The molecule has 44 heavy (non-hydrogen) atoms. The van der Waals surface area contributed by atoms with Gasteiger partial charge < -0.3 is 5.11 Å². The van der Waals surface area contributed by atoms with Gasteiger partial charge in [-0.2, -0.15) is 8.42 Å². The highest BCUT2D eigenvalue weighted by Crippen LogP contribution is 2.50. The van der Waals surface area contributed by atoms with Crippen LogP contribution in [0.25, 0.3) is 22.2 Å². The highest BCUT2D eigenvalue weighted by Gasteiger charge is 2.44. The Morgan fingerprint density at radius 1 is 0.659 bits per heavy atom. The minimum atomic E-state index is -4.90. The standard InChI is InChI=1S/C26H6Cl8N2O7S/c27-14-10-11(15(28)19(32)18(14)31)24(38)9(23(10)37)7-2-1-5-3-6(44(41,42)43)4-8(22(5)35-7)36-25(39)12-13(26(36)40)17(30)21(34)20(33)16(12)29/h1-4,37H,(H,41,42,43). The number of ketones is 1. The molecule has 0 saturated heterocycles. The normalized spacial score (nSPS) is 14.8. The lowest BCUT2D eigenvalue weighted by Gasteiger charge is -2.18. The van der Waals surface area contributed by atoms with E-state index in [9.17, 15) is 32.5 Å². The first-order valence-corrected chi connectivity index (χ1v) is 16.0. The Kier molecular flexibility index (Phi) is 7.62. The average molecular weight is 774 g/mol. The average Bonchev–Trinajstić information content (AvgIpc) is 3.39. The van der Waals surface area contributed by atoms with Crippen molar-refractivity contribution in [3.8, 4) is 0 Å². The van der Waals surface area contributed by atoms with Gasteiger partial charge in [0.1, 0.15) is 5.76 Å². The summed E-state index contributed by atoms with van der Waals surface area (Å²) in [6.07, 6.45) is 0. The maximum absolute atomic E-state index is 13.6. The van der Waals surface area contributed by atoms with Crippen molar-refractivity contribution in [2.24, 2.45) is 0 Å². The van der Waals surface area contributed by atoms with Crippen LogP contribution in [0.15, 0.2) is 29.2 Å². The number of aliphatic hydroxyl groups is 1. The number of pyridine rings is 1. The number of carbonyl (C=O) groups is 3. The van der Waals surface area contributed by atoms with E-state index in [0.717, 1.165) is 12.1 Å². The van der Waals surface area contributed by atoms with Crippen LogP contribution in [0, 0.1) is 0 Å². The number of imide groups is 1. The van der Waals surface area contributed by atoms with Gasteiger partial charge in [0.05, 0.1) is 89.8 Å². The van der Waals surface area contributed by atoms with Crippen LogP contribution in [0.2, 0.25) is 40.2 Å². The number of benzene rings is 3. The molecule has 2 N–H and O–H groups in total. The van der Waals surface area contributed by atoms with Crippen LogP contribution in [-0.2, 0) is 10.1 Å². The summed E-state index contributed by atoms with van der Waals surface area (Å²) in [6.45, 7) is 0. The molecule has 6 rings (SSSR count). The van der Waals surface area contributed by atoms with Crippen LogP contribution in [0.3, 0.4) is 0 Å². The zero-order valence-corrected chi connectivity index (χ0v) is 27.4. The van der Waals surface area contributed by atoms with E-state index in [1.807, 2.05) is 0 Å². The maximum Gasteiger partial charge on any atom is 0.294 e. The number of aliphatic hydroxyl groups excluding tert-OH is 1. The van der Waals surface area contributed by atoms with Gasteiger partial charge in [-0.25, -0.2) is 9.88 Å². The summed E-state index contributed by atoms with van der Waals surface area (Å²) in [5.41, 5.74) is -2.60. The Labute approximate surface area is 286 Å². The van der Waals surface area contributed by atoms with Crippen LogP contribution >= 0.6 is 92.8 Å². The number of hydrogen-bond acceptors (Lipinski definition) is 7. The SMILES string of the molecule is O=C1C(c2ccc3cc(S(=O)(=O)O)cc(N4C(=O)c5c(Cl)c(Cl)c(Cl)c(Cl)c5C4=O)c3n2)=C(O)c2c(Cl)c(Cl)c(Cl)c(Cl)c21. The van der Waals surface area contributed by atoms with Gasteiger partial charge in [-0.1, -0.05) is 98.9 Å². The predicted molar refractivity (Wildman–Crippen MR) is 169 cm³/mol. The van der Waals surface area contributed by atoms with Gasteiger partial charge in [-0.15, -0.1) is 0 Å². The topological polar surface area (TPSA) is 142 Å². The Hall–Kier alpha value is -2.35. The summed E-state index contributed by atoms with van der Waals surface area (Å²) in [7, 11) is -4.90. The molecule has 1 aliphatic heterocycles. The number of allylic oxidation sites excluding steroid dienone is 1. The van der Waals surface area contributed by atoms with Crippen molar-refractivity contribution in [1.82, 2.24) is 4.98 Å².